The fourth-order valence-electron chi connectivity index (χ4n) is 5.96. The van der Waals surface area contributed by atoms with E-state index in [1.165, 1.54) is 64.9 Å². The van der Waals surface area contributed by atoms with E-state index in [0.717, 1.165) is 18.4 Å². The molecule has 3 heterocycles. The third-order valence-electron chi connectivity index (χ3n) is 7.72. The fourth-order valence-corrected chi connectivity index (χ4v) is 7.18. The molecule has 0 N–H and O–H groups in total. The summed E-state index contributed by atoms with van der Waals surface area (Å²) in [4.78, 5) is 5.99. The summed E-state index contributed by atoms with van der Waals surface area (Å²) in [7, 11) is 0. The van der Waals surface area contributed by atoms with E-state index < -0.39 is 0 Å². The number of benzene rings is 4. The van der Waals surface area contributed by atoms with Gasteiger partial charge in [0.05, 0.1) is 11.0 Å². The van der Waals surface area contributed by atoms with E-state index in [2.05, 4.69) is 119 Å². The van der Waals surface area contributed by atoms with Crippen LogP contribution in [0.4, 0.5) is 0 Å². The Kier molecular flexibility index (Phi) is 4.86. The summed E-state index contributed by atoms with van der Waals surface area (Å²) in [5, 5.41) is 3.86. The van der Waals surface area contributed by atoms with E-state index >= 15 is 0 Å². The molecule has 0 aliphatic heterocycles. The Labute approximate surface area is 225 Å². The van der Waals surface area contributed by atoms with Gasteiger partial charge in [0.15, 0.2) is 0 Å². The number of fused-ring (bicyclic) bond motifs is 6. The number of aromatic nitrogens is 2. The van der Waals surface area contributed by atoms with Gasteiger partial charge in [-0.3, -0.25) is 4.98 Å². The minimum absolute atomic E-state index is 1.05. The normalized spacial score (nSPS) is 12.9. The fraction of sp³-hybridized carbons (Fsp3) is 0.0571. The molecule has 0 unspecified atom stereocenters. The molecule has 38 heavy (non-hydrogen) atoms. The third-order valence-corrected chi connectivity index (χ3v) is 8.93. The lowest BCUT2D eigenvalue weighted by Crippen LogP contribution is -2.02. The van der Waals surface area contributed by atoms with Crippen LogP contribution in [0.5, 0.6) is 0 Å². The Hall–Kier alpha value is -4.47. The van der Waals surface area contributed by atoms with Crippen molar-refractivity contribution in [2.75, 3.05) is 0 Å². The molecule has 180 valence electrons. The van der Waals surface area contributed by atoms with Gasteiger partial charge in [-0.05, 0) is 59.7 Å². The largest absolute Gasteiger partial charge is 0.313 e. The summed E-state index contributed by atoms with van der Waals surface area (Å²) in [5.74, 6) is 0. The first-order chi connectivity index (χ1) is 18.8. The Bertz CT molecular complexity index is 2000. The van der Waals surface area contributed by atoms with Crippen LogP contribution in [-0.2, 0) is 6.42 Å². The Balaban J connectivity index is 1.31. The maximum atomic E-state index is 4.67. The molecular formula is C35H24N2S. The van der Waals surface area contributed by atoms with E-state index in [9.17, 15) is 0 Å². The van der Waals surface area contributed by atoms with Gasteiger partial charge in [-0.2, -0.15) is 0 Å². The van der Waals surface area contributed by atoms with Gasteiger partial charge < -0.3 is 4.57 Å². The Morgan fingerprint density at radius 1 is 0.737 bits per heavy atom. The van der Waals surface area contributed by atoms with Gasteiger partial charge in [-0.1, -0.05) is 84.9 Å². The zero-order valence-electron chi connectivity index (χ0n) is 20.8. The lowest BCUT2D eigenvalue weighted by atomic mass is 10.0. The Morgan fingerprint density at radius 2 is 1.61 bits per heavy atom. The van der Waals surface area contributed by atoms with Crippen molar-refractivity contribution in [3.05, 3.63) is 127 Å². The van der Waals surface area contributed by atoms with Gasteiger partial charge >= 0.3 is 0 Å². The number of nitrogens with zero attached hydrogens (tertiary/aromatic N) is 2. The van der Waals surface area contributed by atoms with E-state index in [1.54, 1.807) is 0 Å². The van der Waals surface area contributed by atoms with Crippen LogP contribution >= 0.6 is 11.3 Å². The summed E-state index contributed by atoms with van der Waals surface area (Å²) in [6.07, 6.45) is 8.67. The molecule has 0 saturated carbocycles. The molecule has 0 radical (unpaired) electrons. The minimum atomic E-state index is 1.05. The van der Waals surface area contributed by atoms with Crippen molar-refractivity contribution in [2.24, 2.45) is 0 Å². The molecule has 4 aromatic carbocycles. The summed E-state index contributed by atoms with van der Waals surface area (Å²) in [6.45, 7) is 0. The van der Waals surface area contributed by atoms with Crippen molar-refractivity contribution >= 4 is 49.3 Å². The van der Waals surface area contributed by atoms with E-state index in [-0.39, 0.29) is 0 Å². The van der Waals surface area contributed by atoms with Crippen LogP contribution in [0.1, 0.15) is 17.7 Å². The number of para-hydroxylation sites is 1. The number of hydrogen-bond donors (Lipinski definition) is 0. The molecule has 0 fully saturated rings. The second-order valence-corrected chi connectivity index (χ2v) is 11.0. The first-order valence-corrected chi connectivity index (χ1v) is 13.9. The average molecular weight is 505 g/mol. The van der Waals surface area contributed by atoms with Crippen molar-refractivity contribution in [1.82, 2.24) is 9.55 Å². The Morgan fingerprint density at radius 3 is 2.50 bits per heavy atom. The number of allylic oxidation sites excluding steroid dienone is 1. The first kappa shape index (κ1) is 21.6. The maximum Gasteiger partial charge on any atom is 0.0780 e. The molecule has 2 nitrogen and oxygen atoms in total. The highest BCUT2D eigenvalue weighted by Crippen LogP contribution is 2.43. The minimum Gasteiger partial charge on any atom is -0.313 e. The molecule has 3 aromatic heterocycles. The average Bonchev–Trinajstić information content (AvgIpc) is 3.57. The number of hydrogen-bond acceptors (Lipinski definition) is 2. The molecule has 1 aliphatic rings. The molecule has 0 amide bonds. The van der Waals surface area contributed by atoms with Gasteiger partial charge in [0.2, 0.25) is 0 Å². The molecule has 8 rings (SSSR count). The number of pyridine rings is 1. The van der Waals surface area contributed by atoms with Crippen LogP contribution in [0.3, 0.4) is 0 Å². The van der Waals surface area contributed by atoms with Crippen LogP contribution in [0.25, 0.3) is 65.2 Å². The summed E-state index contributed by atoms with van der Waals surface area (Å²) in [6, 6.07) is 37.2. The summed E-state index contributed by atoms with van der Waals surface area (Å²) < 4.78 is 3.86. The molecule has 0 saturated heterocycles. The monoisotopic (exact) mass is 504 g/mol. The van der Waals surface area contributed by atoms with Crippen LogP contribution in [-0.4, -0.2) is 9.55 Å². The molecule has 0 bridgehead atoms. The predicted molar refractivity (Wildman–Crippen MR) is 162 cm³/mol. The smallest absolute Gasteiger partial charge is 0.0780 e. The van der Waals surface area contributed by atoms with E-state index in [1.807, 2.05) is 23.6 Å². The second-order valence-electron chi connectivity index (χ2n) is 9.92. The molecule has 0 atom stereocenters. The SMILES string of the molecule is C1=Cc2c(n(-c3ccc(-c4cccc5cccnc45)cc3)c3ccc4cc(-c5ccccc5)sc4c23)CC1. The predicted octanol–water partition coefficient (Wildman–Crippen LogP) is 9.69. The number of rotatable bonds is 3. The van der Waals surface area contributed by atoms with Gasteiger partial charge in [-0.25, -0.2) is 0 Å². The van der Waals surface area contributed by atoms with Gasteiger partial charge in [0.1, 0.15) is 0 Å². The van der Waals surface area contributed by atoms with Crippen molar-refractivity contribution in [3.8, 4) is 27.3 Å². The lowest BCUT2D eigenvalue weighted by Gasteiger charge is -2.14. The van der Waals surface area contributed by atoms with Crippen LogP contribution < -0.4 is 0 Å². The van der Waals surface area contributed by atoms with Crippen LogP contribution in [0, 0.1) is 0 Å². The van der Waals surface area contributed by atoms with Crippen molar-refractivity contribution in [3.63, 3.8) is 0 Å². The highest BCUT2D eigenvalue weighted by atomic mass is 32.1. The number of thiophene rings is 1. The van der Waals surface area contributed by atoms with Gasteiger partial charge in [0.25, 0.3) is 0 Å². The van der Waals surface area contributed by atoms with E-state index in [0.29, 0.717) is 0 Å². The van der Waals surface area contributed by atoms with Crippen molar-refractivity contribution < 1.29 is 0 Å². The van der Waals surface area contributed by atoms with Crippen LogP contribution in [0.15, 0.2) is 115 Å². The van der Waals surface area contributed by atoms with Gasteiger partial charge in [-0.15, -0.1) is 11.3 Å². The topological polar surface area (TPSA) is 17.8 Å². The maximum absolute atomic E-state index is 4.67. The highest BCUT2D eigenvalue weighted by molar-refractivity contribution is 7.23. The second kappa shape index (κ2) is 8.54. The molecule has 1 aliphatic carbocycles. The zero-order valence-corrected chi connectivity index (χ0v) is 21.6. The van der Waals surface area contributed by atoms with E-state index in [4.69, 9.17) is 0 Å². The third kappa shape index (κ3) is 3.29. The molecule has 3 heteroatoms. The zero-order chi connectivity index (χ0) is 25.1. The standard InChI is InChI=1S/C35H24N2S/c1-2-8-24(9-3-1)32-22-26-17-20-31-33(35(26)38-32)29-12-4-5-14-30(29)37(31)27-18-15-23(16-19-27)28-13-6-10-25-11-7-21-36-34(25)28/h1-4,6-13,15-22H,5,14H2. The van der Waals surface area contributed by atoms with Crippen molar-refractivity contribution in [1.29, 1.82) is 0 Å². The summed E-state index contributed by atoms with van der Waals surface area (Å²) >= 11 is 1.91. The van der Waals surface area contributed by atoms with Gasteiger partial charge in [0, 0.05) is 49.1 Å². The van der Waals surface area contributed by atoms with Crippen LogP contribution in [0.2, 0.25) is 0 Å². The molecule has 7 aromatic rings. The molecule has 0 spiro atoms. The summed E-state index contributed by atoms with van der Waals surface area (Å²) in [5.41, 5.74) is 9.97. The first-order valence-electron chi connectivity index (χ1n) is 13.1. The molecular weight excluding hydrogens is 480 g/mol. The van der Waals surface area contributed by atoms with Crippen molar-refractivity contribution in [2.45, 2.75) is 12.8 Å². The highest BCUT2D eigenvalue weighted by Gasteiger charge is 2.21. The lowest BCUT2D eigenvalue weighted by molar-refractivity contribution is 0.888. The quantitative estimate of drug-likeness (QED) is 0.234.